The number of aromatic amines is 1. The highest BCUT2D eigenvalue weighted by Gasteiger charge is 2.47. The Morgan fingerprint density at radius 1 is 1.05 bits per heavy atom. The Kier molecular flexibility index (Phi) is 8.95. The first-order chi connectivity index (χ1) is 18.0. The van der Waals surface area contributed by atoms with Crippen LogP contribution in [0.2, 0.25) is 0 Å². The number of hydrogen-bond acceptors (Lipinski definition) is 14. The largest absolute Gasteiger partial charge is 0.510 e. The topological polar surface area (TPSA) is 205 Å². The van der Waals surface area contributed by atoms with Crippen LogP contribution in [0.25, 0.3) is 11.2 Å². The number of hydrogen-bond donors (Lipinski definition) is 2. The standard InChI is InChI=1S/C22H34N5O11P/c1-20(2,3)37-18(29)32-11-35-39(31,36-12-33-19(30)38-21(4,5)6)13-34-22(7-8-22)9-27-10-24-14-15(27)25-17(23)26-16(14)28/h10H,7-9,11-13H2,1-6H3,(H3,23,25,26,28). The van der Waals surface area contributed by atoms with Crippen molar-refractivity contribution >= 4 is 37.0 Å². The van der Waals surface area contributed by atoms with Gasteiger partial charge in [0.05, 0.1) is 18.5 Å². The molecule has 1 aliphatic carbocycles. The summed E-state index contributed by atoms with van der Waals surface area (Å²) in [6, 6.07) is 0. The summed E-state index contributed by atoms with van der Waals surface area (Å²) in [6.07, 6.45) is -0.0983. The van der Waals surface area contributed by atoms with Crippen molar-refractivity contribution in [2.45, 2.75) is 77.7 Å². The van der Waals surface area contributed by atoms with E-state index in [-0.39, 0.29) is 23.7 Å². The summed E-state index contributed by atoms with van der Waals surface area (Å²) in [7, 11) is -4.15. The maximum absolute atomic E-state index is 13.4. The first-order valence-electron chi connectivity index (χ1n) is 11.9. The highest BCUT2D eigenvalue weighted by Crippen LogP contribution is 2.52. The third kappa shape index (κ3) is 9.49. The van der Waals surface area contributed by atoms with Gasteiger partial charge in [0.1, 0.15) is 17.6 Å². The summed E-state index contributed by atoms with van der Waals surface area (Å²) in [5.41, 5.74) is 3.11. The van der Waals surface area contributed by atoms with Crippen LogP contribution in [0.5, 0.6) is 0 Å². The van der Waals surface area contributed by atoms with E-state index in [2.05, 4.69) is 15.0 Å². The molecule has 0 amide bonds. The van der Waals surface area contributed by atoms with Crippen LogP contribution in [0.3, 0.4) is 0 Å². The normalized spacial score (nSPS) is 15.1. The highest BCUT2D eigenvalue weighted by molar-refractivity contribution is 7.53. The Labute approximate surface area is 223 Å². The number of fused-ring (bicyclic) bond motifs is 1. The fraction of sp³-hybridized carbons (Fsp3) is 0.682. The lowest BCUT2D eigenvalue weighted by Gasteiger charge is -2.23. The van der Waals surface area contributed by atoms with Gasteiger partial charge in [0, 0.05) is 0 Å². The van der Waals surface area contributed by atoms with Crippen LogP contribution in [-0.2, 0) is 43.8 Å². The van der Waals surface area contributed by atoms with Gasteiger partial charge in [-0.3, -0.25) is 23.4 Å². The molecule has 2 heterocycles. The summed E-state index contributed by atoms with van der Waals surface area (Å²) < 4.78 is 51.0. The quantitative estimate of drug-likeness (QED) is 0.224. The average Bonchev–Trinajstić information content (AvgIpc) is 3.42. The van der Waals surface area contributed by atoms with Crippen molar-refractivity contribution in [2.24, 2.45) is 0 Å². The van der Waals surface area contributed by atoms with E-state index in [1.807, 2.05) is 0 Å². The summed E-state index contributed by atoms with van der Waals surface area (Å²) >= 11 is 0. The Morgan fingerprint density at radius 2 is 1.59 bits per heavy atom. The lowest BCUT2D eigenvalue weighted by Crippen LogP contribution is -2.26. The summed E-state index contributed by atoms with van der Waals surface area (Å²) in [5.74, 6) is -0.0682. The van der Waals surface area contributed by atoms with E-state index < -0.39 is 62.2 Å². The summed E-state index contributed by atoms with van der Waals surface area (Å²) in [5, 5.41) is 0. The van der Waals surface area contributed by atoms with E-state index in [0.29, 0.717) is 12.8 Å². The number of nitrogens with one attached hydrogen (secondary N) is 1. The van der Waals surface area contributed by atoms with Crippen molar-refractivity contribution in [3.05, 3.63) is 16.7 Å². The monoisotopic (exact) mass is 575 g/mol. The van der Waals surface area contributed by atoms with Gasteiger partial charge in [0.2, 0.25) is 19.5 Å². The molecule has 0 spiro atoms. The molecule has 0 radical (unpaired) electrons. The van der Waals surface area contributed by atoms with Gasteiger partial charge < -0.3 is 34.0 Å². The van der Waals surface area contributed by atoms with Crippen molar-refractivity contribution in [3.8, 4) is 0 Å². The molecule has 3 N–H and O–H groups in total. The Hall–Kier alpha value is -3.20. The van der Waals surface area contributed by atoms with Gasteiger partial charge in [0.15, 0.2) is 11.2 Å². The van der Waals surface area contributed by atoms with Crippen LogP contribution < -0.4 is 11.3 Å². The molecule has 0 bridgehead atoms. The molecule has 1 saturated carbocycles. The minimum atomic E-state index is -4.15. The number of rotatable bonds is 11. The molecule has 2 aromatic rings. The van der Waals surface area contributed by atoms with Crippen molar-refractivity contribution in [3.63, 3.8) is 0 Å². The molecule has 17 heteroatoms. The molecule has 16 nitrogen and oxygen atoms in total. The fourth-order valence-electron chi connectivity index (χ4n) is 3.08. The predicted octanol–water partition coefficient (Wildman–Crippen LogP) is 3.25. The van der Waals surface area contributed by atoms with Gasteiger partial charge >= 0.3 is 19.9 Å². The zero-order chi connectivity index (χ0) is 29.1. The number of H-pyrrole nitrogens is 1. The third-order valence-corrected chi connectivity index (χ3v) is 6.36. The van der Waals surface area contributed by atoms with E-state index in [0.717, 1.165) is 0 Å². The second-order valence-electron chi connectivity index (χ2n) is 10.8. The van der Waals surface area contributed by atoms with Crippen LogP contribution in [-0.4, -0.2) is 68.6 Å². The number of nitrogens with two attached hydrogens (primary N) is 1. The summed E-state index contributed by atoms with van der Waals surface area (Å²) in [6.45, 7) is 8.50. The zero-order valence-electron chi connectivity index (χ0n) is 22.7. The molecule has 2 aromatic heterocycles. The molecule has 3 rings (SSSR count). The van der Waals surface area contributed by atoms with Gasteiger partial charge in [-0.25, -0.2) is 14.6 Å². The Bertz CT molecular complexity index is 1250. The van der Waals surface area contributed by atoms with Gasteiger partial charge in [0.25, 0.3) is 5.56 Å². The second-order valence-corrected chi connectivity index (χ2v) is 12.8. The average molecular weight is 576 g/mol. The molecule has 0 saturated heterocycles. The number of imidazole rings is 1. The van der Waals surface area contributed by atoms with E-state index in [1.165, 1.54) is 6.33 Å². The highest BCUT2D eigenvalue weighted by atomic mass is 31.2. The maximum atomic E-state index is 13.4. The third-order valence-electron chi connectivity index (χ3n) is 4.92. The molecule has 1 aliphatic rings. The molecule has 0 unspecified atom stereocenters. The minimum Gasteiger partial charge on any atom is -0.429 e. The van der Waals surface area contributed by atoms with E-state index >= 15 is 0 Å². The van der Waals surface area contributed by atoms with Gasteiger partial charge in [-0.15, -0.1) is 0 Å². The molecular weight excluding hydrogens is 541 g/mol. The van der Waals surface area contributed by atoms with Crippen molar-refractivity contribution in [1.29, 1.82) is 0 Å². The zero-order valence-corrected chi connectivity index (χ0v) is 23.6. The van der Waals surface area contributed by atoms with E-state index in [1.54, 1.807) is 46.1 Å². The van der Waals surface area contributed by atoms with Crippen LogP contribution >= 0.6 is 7.60 Å². The van der Waals surface area contributed by atoms with Crippen LogP contribution in [0, 0.1) is 0 Å². The smallest absolute Gasteiger partial charge is 0.429 e. The predicted molar refractivity (Wildman–Crippen MR) is 135 cm³/mol. The fourth-order valence-corrected chi connectivity index (χ4v) is 4.16. The molecule has 1 fully saturated rings. The molecular formula is C22H34N5O11P. The Morgan fingerprint density at radius 3 is 2.08 bits per heavy atom. The number of carbonyl (C=O) groups excluding carboxylic acids is 2. The first kappa shape index (κ1) is 30.3. The number of nitrogen functional groups attached to an aromatic ring is 1. The molecule has 0 atom stereocenters. The van der Waals surface area contributed by atoms with Crippen molar-refractivity contribution in [1.82, 2.24) is 19.5 Å². The van der Waals surface area contributed by atoms with Crippen LogP contribution in [0.4, 0.5) is 15.5 Å². The molecule has 39 heavy (non-hydrogen) atoms. The lowest BCUT2D eigenvalue weighted by atomic mass is 10.2. The van der Waals surface area contributed by atoms with E-state index in [4.69, 9.17) is 38.5 Å². The van der Waals surface area contributed by atoms with Gasteiger partial charge in [-0.1, -0.05) is 0 Å². The molecule has 0 aliphatic heterocycles. The number of nitrogens with zero attached hydrogens (tertiary/aromatic N) is 3. The lowest BCUT2D eigenvalue weighted by molar-refractivity contribution is -0.0568. The van der Waals surface area contributed by atoms with E-state index in [9.17, 15) is 18.9 Å². The first-order valence-corrected chi connectivity index (χ1v) is 13.7. The van der Waals surface area contributed by atoms with Crippen molar-refractivity contribution < 1.29 is 46.9 Å². The number of carbonyl (C=O) groups is 2. The van der Waals surface area contributed by atoms with Crippen LogP contribution in [0.1, 0.15) is 54.4 Å². The minimum absolute atomic E-state index is 0.0682. The number of aromatic nitrogens is 4. The van der Waals surface area contributed by atoms with Crippen LogP contribution in [0.15, 0.2) is 11.1 Å². The number of ether oxygens (including phenoxy) is 5. The van der Waals surface area contributed by atoms with Crippen molar-refractivity contribution in [2.75, 3.05) is 25.7 Å². The maximum Gasteiger partial charge on any atom is 0.510 e. The Balaban J connectivity index is 1.64. The summed E-state index contributed by atoms with van der Waals surface area (Å²) in [4.78, 5) is 46.3. The van der Waals surface area contributed by atoms with Gasteiger partial charge in [-0.05, 0) is 54.4 Å². The molecule has 218 valence electrons. The number of anilines is 1. The SMILES string of the molecule is CC(C)(C)OC(=O)OCOP(=O)(COC1(Cn2cnc3c(=O)[nH]c(N)nc32)CC1)OCOC(=O)OC(C)(C)C. The second kappa shape index (κ2) is 11.5. The van der Waals surface area contributed by atoms with Gasteiger partial charge in [-0.2, -0.15) is 4.98 Å². The molecule has 0 aromatic carbocycles.